The monoisotopic (exact) mass is 562 g/mol. The number of carbonyl (C=O) groups excluding carboxylic acids is 4. The molecule has 0 heterocycles. The molecule has 3 aliphatic carbocycles. The minimum absolute atomic E-state index is 0.0362. The van der Waals surface area contributed by atoms with Gasteiger partial charge < -0.3 is 30.9 Å². The van der Waals surface area contributed by atoms with Gasteiger partial charge in [-0.3, -0.25) is 24.1 Å². The molecule has 4 atom stereocenters. The molecule has 214 valence electrons. The maximum Gasteiger partial charge on any atom is 0.255 e. The van der Waals surface area contributed by atoms with E-state index in [4.69, 9.17) is 10.5 Å². The Kier molecular flexibility index (Phi) is 6.55. The van der Waals surface area contributed by atoms with E-state index < -0.39 is 58.0 Å². The number of nitrogens with two attached hydrogens (primary N) is 1. The van der Waals surface area contributed by atoms with Gasteiger partial charge in [-0.2, -0.15) is 0 Å². The van der Waals surface area contributed by atoms with Crippen LogP contribution in [0.3, 0.4) is 0 Å². The lowest BCUT2D eigenvalue weighted by Crippen LogP contribution is -2.63. The molecule has 0 spiro atoms. The lowest BCUT2D eigenvalue weighted by atomic mass is 9.58. The molecule has 0 fully saturated rings. The van der Waals surface area contributed by atoms with E-state index in [9.17, 15) is 39.6 Å². The Hall–Kier alpha value is -4.48. The molecular weight excluding hydrogens is 532 g/mol. The zero-order valence-corrected chi connectivity index (χ0v) is 22.9. The summed E-state index contributed by atoms with van der Waals surface area (Å²) in [5.74, 6) is -6.93. The Labute approximate surface area is 235 Å². The molecule has 2 aromatic carbocycles. The Balaban J connectivity index is 1.74. The Bertz CT molecular complexity index is 1620. The van der Waals surface area contributed by atoms with Gasteiger partial charge in [0.15, 0.2) is 17.2 Å². The molecule has 3 aliphatic rings. The molecule has 5 rings (SSSR count). The van der Waals surface area contributed by atoms with E-state index >= 15 is 0 Å². The number of aliphatic hydroxyl groups excluding tert-OH is 2. The number of ketones is 3. The number of nitrogens with zero attached hydrogens (tertiary/aromatic N) is 1. The number of allylic oxidation sites excluding steroid dienone is 1. The quantitative estimate of drug-likeness (QED) is 0.266. The van der Waals surface area contributed by atoms with Gasteiger partial charge in [0.1, 0.15) is 28.6 Å². The summed E-state index contributed by atoms with van der Waals surface area (Å²) in [7, 11) is 4.60. The third-order valence-corrected chi connectivity index (χ3v) is 8.50. The van der Waals surface area contributed by atoms with Crippen molar-refractivity contribution in [3.05, 3.63) is 69.7 Å². The fourth-order valence-corrected chi connectivity index (χ4v) is 6.64. The molecule has 0 aromatic heterocycles. The molecular formula is C30H30N2O9. The molecule has 2 aromatic rings. The summed E-state index contributed by atoms with van der Waals surface area (Å²) in [6, 6.07) is 6.72. The van der Waals surface area contributed by atoms with E-state index in [0.717, 1.165) is 0 Å². The molecule has 6 N–H and O–H groups in total. The van der Waals surface area contributed by atoms with Gasteiger partial charge in [0.2, 0.25) is 5.78 Å². The van der Waals surface area contributed by atoms with Crippen LogP contribution in [0, 0.1) is 11.8 Å². The predicted octanol–water partition coefficient (Wildman–Crippen LogP) is 2.00. The third kappa shape index (κ3) is 3.87. The number of benzene rings is 2. The molecule has 1 amide bonds. The fraction of sp³-hybridized carbons (Fsp3) is 0.333. The van der Waals surface area contributed by atoms with Crippen LogP contribution in [0.25, 0.3) is 11.1 Å². The van der Waals surface area contributed by atoms with Gasteiger partial charge in [0.25, 0.3) is 5.91 Å². The number of likely N-dealkylation sites (N-methyl/N-ethyl adjacent to an activating group) is 1. The first-order valence-corrected chi connectivity index (χ1v) is 12.9. The smallest absolute Gasteiger partial charge is 0.255 e. The molecule has 0 aliphatic heterocycles. The number of aliphatic hydroxyl groups is 3. The van der Waals surface area contributed by atoms with Crippen molar-refractivity contribution >= 4 is 23.3 Å². The van der Waals surface area contributed by atoms with Crippen molar-refractivity contribution in [3.63, 3.8) is 0 Å². The van der Waals surface area contributed by atoms with Gasteiger partial charge in [0.05, 0.1) is 18.7 Å². The summed E-state index contributed by atoms with van der Waals surface area (Å²) >= 11 is 0. The highest BCUT2D eigenvalue weighted by Gasteiger charge is 2.63. The number of aromatic hydroxyl groups is 1. The Morgan fingerprint density at radius 2 is 1.76 bits per heavy atom. The number of Topliss-reactive ketones (excluding diaryl/α,β-unsaturated/α-hetero) is 3. The minimum atomic E-state index is -2.71. The van der Waals surface area contributed by atoms with Crippen LogP contribution in [0.15, 0.2) is 53.0 Å². The average Bonchev–Trinajstić information content (AvgIpc) is 2.90. The summed E-state index contributed by atoms with van der Waals surface area (Å²) in [6.07, 6.45) is 0.0667. The summed E-state index contributed by atoms with van der Waals surface area (Å²) in [6.45, 7) is 1.42. The maximum absolute atomic E-state index is 14.0. The van der Waals surface area contributed by atoms with Crippen molar-refractivity contribution in [3.8, 4) is 22.6 Å². The molecule has 0 bridgehead atoms. The number of phenols is 1. The number of methoxy groups -OCH3 is 1. The normalized spacial score (nSPS) is 25.6. The van der Waals surface area contributed by atoms with Gasteiger partial charge in [-0.05, 0) is 75.2 Å². The molecule has 11 heteroatoms. The molecule has 0 radical (unpaired) electrons. The first-order valence-electron chi connectivity index (χ1n) is 12.9. The third-order valence-electron chi connectivity index (χ3n) is 8.50. The highest BCUT2D eigenvalue weighted by molar-refractivity contribution is 6.25. The van der Waals surface area contributed by atoms with E-state index in [0.29, 0.717) is 28.0 Å². The summed E-state index contributed by atoms with van der Waals surface area (Å²) in [5.41, 5.74) is 3.30. The number of phenolic OH excluding ortho intramolecular Hbond substituents is 1. The summed E-state index contributed by atoms with van der Waals surface area (Å²) in [4.78, 5) is 53.2. The van der Waals surface area contributed by atoms with E-state index in [1.807, 2.05) is 0 Å². The SMILES string of the molecule is COc1ccc(C(C)=O)cc1-c1ccc(O)c2c1CC1CC3C(N(C)C)C(O)=C(C(N)=O)C(=O)C3(O)C(O)=C1C2=O. The van der Waals surface area contributed by atoms with Gasteiger partial charge in [0, 0.05) is 22.6 Å². The van der Waals surface area contributed by atoms with Crippen molar-refractivity contribution in [2.24, 2.45) is 17.6 Å². The maximum atomic E-state index is 14.0. The number of carbonyl (C=O) groups is 4. The van der Waals surface area contributed by atoms with Crippen molar-refractivity contribution < 1.29 is 44.3 Å². The number of primary amides is 1. The standard InChI is InChI=1S/C30H30N2O9/c1-12(33)13-5-8-20(41-4)16(9-13)15-6-7-19(34)22-17(15)10-14-11-18-24(32(2)3)26(36)23(29(31)39)28(38)30(18,40)27(37)21(14)25(22)35/h5-9,14,18,24,34,36-37,40H,10-11H2,1-4H3,(H2,31,39). The van der Waals surface area contributed by atoms with E-state index in [1.165, 1.54) is 25.0 Å². The predicted molar refractivity (Wildman–Crippen MR) is 146 cm³/mol. The zero-order chi connectivity index (χ0) is 30.1. The van der Waals surface area contributed by atoms with Crippen LogP contribution in [-0.2, 0) is 16.0 Å². The highest BCUT2D eigenvalue weighted by Crippen LogP contribution is 2.53. The van der Waals surface area contributed by atoms with Crippen molar-refractivity contribution in [2.45, 2.75) is 31.4 Å². The first-order chi connectivity index (χ1) is 19.2. The van der Waals surface area contributed by atoms with Crippen LogP contribution in [-0.4, -0.2) is 81.4 Å². The highest BCUT2D eigenvalue weighted by atomic mass is 16.5. The van der Waals surface area contributed by atoms with Crippen LogP contribution >= 0.6 is 0 Å². The van der Waals surface area contributed by atoms with Crippen LogP contribution < -0.4 is 10.5 Å². The average molecular weight is 563 g/mol. The number of ether oxygens (including phenoxy) is 1. The van der Waals surface area contributed by atoms with Crippen LogP contribution in [0.2, 0.25) is 0 Å². The second kappa shape index (κ2) is 9.57. The Morgan fingerprint density at radius 3 is 2.34 bits per heavy atom. The summed E-state index contributed by atoms with van der Waals surface area (Å²) < 4.78 is 5.53. The molecule has 0 saturated heterocycles. The number of fused-ring (bicyclic) bond motifs is 3. The second-order valence-electron chi connectivity index (χ2n) is 10.9. The Morgan fingerprint density at radius 1 is 1.07 bits per heavy atom. The van der Waals surface area contributed by atoms with Gasteiger partial charge in [-0.1, -0.05) is 6.07 Å². The molecule has 4 unspecified atom stereocenters. The minimum Gasteiger partial charge on any atom is -0.510 e. The van der Waals surface area contributed by atoms with Crippen LogP contribution in [0.1, 0.15) is 39.6 Å². The first kappa shape index (κ1) is 28.1. The van der Waals surface area contributed by atoms with Crippen LogP contribution in [0.5, 0.6) is 11.5 Å². The lowest BCUT2D eigenvalue weighted by Gasteiger charge is -2.50. The number of hydrogen-bond acceptors (Lipinski definition) is 10. The second-order valence-corrected chi connectivity index (χ2v) is 10.9. The fourth-order valence-electron chi connectivity index (χ4n) is 6.64. The van der Waals surface area contributed by atoms with E-state index in [-0.39, 0.29) is 35.5 Å². The molecule has 0 saturated carbocycles. The number of hydrogen-bond donors (Lipinski definition) is 5. The van der Waals surface area contributed by atoms with Gasteiger partial charge in [-0.15, -0.1) is 0 Å². The largest absolute Gasteiger partial charge is 0.510 e. The zero-order valence-electron chi connectivity index (χ0n) is 22.9. The van der Waals surface area contributed by atoms with E-state index in [2.05, 4.69) is 0 Å². The van der Waals surface area contributed by atoms with Crippen molar-refractivity contribution in [1.29, 1.82) is 0 Å². The molecule has 11 nitrogen and oxygen atoms in total. The van der Waals surface area contributed by atoms with Gasteiger partial charge >= 0.3 is 0 Å². The number of rotatable bonds is 5. The van der Waals surface area contributed by atoms with Crippen LogP contribution in [0.4, 0.5) is 0 Å². The topological polar surface area (TPSA) is 188 Å². The van der Waals surface area contributed by atoms with Crippen molar-refractivity contribution in [1.82, 2.24) is 4.90 Å². The van der Waals surface area contributed by atoms with Gasteiger partial charge in [-0.25, -0.2) is 0 Å². The number of amides is 1. The lowest BCUT2D eigenvalue weighted by molar-refractivity contribution is -0.148. The molecule has 41 heavy (non-hydrogen) atoms. The summed E-state index contributed by atoms with van der Waals surface area (Å²) in [5, 5.41) is 44.9. The van der Waals surface area contributed by atoms with E-state index in [1.54, 1.807) is 38.4 Å². The van der Waals surface area contributed by atoms with Crippen molar-refractivity contribution in [2.75, 3.05) is 21.2 Å².